The summed E-state index contributed by atoms with van der Waals surface area (Å²) < 4.78 is 40.9. The summed E-state index contributed by atoms with van der Waals surface area (Å²) in [5.74, 6) is 1.33. The second kappa shape index (κ2) is 9.74. The number of nitrogen functional groups attached to an aromatic ring is 1. The first-order valence-electron chi connectivity index (χ1n) is 12.2. The lowest BCUT2D eigenvalue weighted by Gasteiger charge is -2.17. The maximum Gasteiger partial charge on any atom is 0.270 e. The molecule has 1 fully saturated rings. The van der Waals surface area contributed by atoms with Gasteiger partial charge in [-0.1, -0.05) is 48.6 Å². The molecule has 0 saturated heterocycles. The maximum atomic E-state index is 13.9. The lowest BCUT2D eigenvalue weighted by Crippen LogP contribution is -2.14. The van der Waals surface area contributed by atoms with Crippen LogP contribution in [0.3, 0.4) is 0 Å². The van der Waals surface area contributed by atoms with Gasteiger partial charge < -0.3 is 15.2 Å². The molecule has 0 atom stereocenters. The topological polar surface area (TPSA) is 83.5 Å². The Bertz CT molecular complexity index is 1550. The van der Waals surface area contributed by atoms with Crippen LogP contribution in [0.5, 0.6) is 11.5 Å². The standard InChI is InChI=1S/C29H30N2O4S/c1-3-9-20-10-8-15-28(29(20)30)36(32,33)31-19-24(23-13-6-7-14-25(23)31)21-16-17-26(34-2)27(18-21)35-22-11-4-5-12-22/h3,6-10,13-19,22H,4-5,11-12,30H2,1-2H3/b9-3-. The van der Waals surface area contributed by atoms with E-state index in [0.29, 0.717) is 22.6 Å². The van der Waals surface area contributed by atoms with Crippen LogP contribution in [0.15, 0.2) is 77.8 Å². The average molecular weight is 503 g/mol. The average Bonchev–Trinajstić information content (AvgIpc) is 3.53. The van der Waals surface area contributed by atoms with E-state index in [1.54, 1.807) is 37.6 Å². The number of hydrogen-bond acceptors (Lipinski definition) is 5. The lowest BCUT2D eigenvalue weighted by molar-refractivity contribution is 0.201. The smallest absolute Gasteiger partial charge is 0.270 e. The van der Waals surface area contributed by atoms with Gasteiger partial charge >= 0.3 is 0 Å². The van der Waals surface area contributed by atoms with Crippen LogP contribution in [0.1, 0.15) is 38.2 Å². The highest BCUT2D eigenvalue weighted by molar-refractivity contribution is 7.90. The van der Waals surface area contributed by atoms with Gasteiger partial charge in [0.25, 0.3) is 10.0 Å². The van der Waals surface area contributed by atoms with Gasteiger partial charge in [-0.3, -0.25) is 0 Å². The molecule has 1 aliphatic rings. The number of benzene rings is 3. The molecule has 4 aromatic rings. The Kier molecular flexibility index (Phi) is 6.49. The Morgan fingerprint density at radius 1 is 1.00 bits per heavy atom. The zero-order valence-electron chi connectivity index (χ0n) is 20.5. The normalized spacial score (nSPS) is 14.6. The molecule has 0 radical (unpaired) electrons. The fourth-order valence-corrected chi connectivity index (χ4v) is 6.44. The molecular weight excluding hydrogens is 472 g/mol. The van der Waals surface area contributed by atoms with Crippen LogP contribution < -0.4 is 15.2 Å². The summed E-state index contributed by atoms with van der Waals surface area (Å²) in [6, 6.07) is 18.3. The molecule has 7 heteroatoms. The number of nitrogens with two attached hydrogens (primary N) is 1. The van der Waals surface area contributed by atoms with Gasteiger partial charge in [-0.05, 0) is 68.0 Å². The van der Waals surface area contributed by atoms with E-state index >= 15 is 0 Å². The highest BCUT2D eigenvalue weighted by atomic mass is 32.2. The molecule has 2 N–H and O–H groups in total. The molecule has 5 rings (SSSR count). The van der Waals surface area contributed by atoms with Gasteiger partial charge in [-0.2, -0.15) is 0 Å². The van der Waals surface area contributed by atoms with Gasteiger partial charge in [0.2, 0.25) is 0 Å². The Hall–Kier alpha value is -3.71. The number of hydrogen-bond donors (Lipinski definition) is 1. The van der Waals surface area contributed by atoms with Gasteiger partial charge in [0.1, 0.15) is 4.90 Å². The highest BCUT2D eigenvalue weighted by Crippen LogP contribution is 2.39. The van der Waals surface area contributed by atoms with E-state index < -0.39 is 10.0 Å². The van der Waals surface area contributed by atoms with Gasteiger partial charge in [-0.25, -0.2) is 12.4 Å². The molecule has 1 aromatic heterocycles. The van der Waals surface area contributed by atoms with Crippen molar-refractivity contribution in [3.8, 4) is 22.6 Å². The molecule has 6 nitrogen and oxygen atoms in total. The minimum Gasteiger partial charge on any atom is -0.493 e. The van der Waals surface area contributed by atoms with Crippen LogP contribution in [0.25, 0.3) is 28.1 Å². The highest BCUT2D eigenvalue weighted by Gasteiger charge is 2.25. The summed E-state index contributed by atoms with van der Waals surface area (Å²) in [5, 5.41) is 0.821. The fraction of sp³-hybridized carbons (Fsp3) is 0.241. The monoisotopic (exact) mass is 502 g/mol. The van der Waals surface area contributed by atoms with Crippen molar-refractivity contribution < 1.29 is 17.9 Å². The third-order valence-electron chi connectivity index (χ3n) is 6.73. The van der Waals surface area contributed by atoms with Crippen molar-refractivity contribution in [1.29, 1.82) is 0 Å². The summed E-state index contributed by atoms with van der Waals surface area (Å²) in [6.45, 7) is 1.87. The van der Waals surface area contributed by atoms with Gasteiger partial charge in [-0.15, -0.1) is 0 Å². The van der Waals surface area contributed by atoms with Gasteiger partial charge in [0.05, 0.1) is 24.4 Å². The lowest BCUT2D eigenvalue weighted by atomic mass is 10.0. The summed E-state index contributed by atoms with van der Waals surface area (Å²) >= 11 is 0. The number of fused-ring (bicyclic) bond motifs is 1. The summed E-state index contributed by atoms with van der Waals surface area (Å²) in [6.07, 6.45) is 9.85. The van der Waals surface area contributed by atoms with Crippen LogP contribution in [0.2, 0.25) is 0 Å². The van der Waals surface area contributed by atoms with E-state index in [1.165, 1.54) is 3.97 Å². The molecule has 1 heterocycles. The van der Waals surface area contributed by atoms with Crippen molar-refractivity contribution in [2.24, 2.45) is 0 Å². The largest absolute Gasteiger partial charge is 0.493 e. The minimum absolute atomic E-state index is 0.0744. The second-order valence-electron chi connectivity index (χ2n) is 9.01. The number of rotatable bonds is 7. The third-order valence-corrected chi connectivity index (χ3v) is 8.46. The van der Waals surface area contributed by atoms with Gasteiger partial charge in [0, 0.05) is 17.1 Å². The van der Waals surface area contributed by atoms with Gasteiger partial charge in [0.15, 0.2) is 11.5 Å². The van der Waals surface area contributed by atoms with E-state index in [-0.39, 0.29) is 16.7 Å². The number of methoxy groups -OCH3 is 1. The summed E-state index contributed by atoms with van der Waals surface area (Å²) in [7, 11) is -2.34. The molecule has 36 heavy (non-hydrogen) atoms. The molecule has 3 aromatic carbocycles. The van der Waals surface area contributed by atoms with Crippen LogP contribution in [0, 0.1) is 0 Å². The van der Waals surface area contributed by atoms with Crippen LogP contribution >= 0.6 is 0 Å². The van der Waals surface area contributed by atoms with E-state index in [9.17, 15) is 8.42 Å². The molecule has 186 valence electrons. The number of para-hydroxylation sites is 2. The van der Waals surface area contributed by atoms with E-state index in [4.69, 9.17) is 15.2 Å². The predicted octanol–water partition coefficient (Wildman–Crippen LogP) is 6.49. The Balaban J connectivity index is 1.65. The van der Waals surface area contributed by atoms with Crippen molar-refractivity contribution >= 4 is 32.7 Å². The van der Waals surface area contributed by atoms with Crippen LogP contribution in [-0.2, 0) is 10.0 Å². The van der Waals surface area contributed by atoms with E-state index in [1.807, 2.05) is 55.5 Å². The fourth-order valence-electron chi connectivity index (χ4n) is 4.92. The van der Waals surface area contributed by atoms with Crippen molar-refractivity contribution in [3.05, 3.63) is 78.5 Å². The molecule has 0 amide bonds. The molecule has 0 unspecified atom stereocenters. The first kappa shape index (κ1) is 24.0. The first-order valence-corrected chi connectivity index (χ1v) is 13.6. The zero-order valence-corrected chi connectivity index (χ0v) is 21.3. The zero-order chi connectivity index (χ0) is 25.3. The second-order valence-corrected chi connectivity index (χ2v) is 10.8. The number of anilines is 1. The molecule has 1 aliphatic carbocycles. The molecule has 1 saturated carbocycles. The quantitative estimate of drug-likeness (QED) is 0.292. The Morgan fingerprint density at radius 3 is 2.53 bits per heavy atom. The number of aromatic nitrogens is 1. The molecule has 0 aliphatic heterocycles. The van der Waals surface area contributed by atoms with Crippen molar-refractivity contribution in [2.45, 2.75) is 43.6 Å². The summed E-state index contributed by atoms with van der Waals surface area (Å²) in [4.78, 5) is 0.0744. The Morgan fingerprint density at radius 2 is 1.78 bits per heavy atom. The minimum atomic E-state index is -3.96. The summed E-state index contributed by atoms with van der Waals surface area (Å²) in [5.41, 5.74) is 9.43. The van der Waals surface area contributed by atoms with Crippen LogP contribution in [-0.4, -0.2) is 25.6 Å². The number of allylic oxidation sites excluding steroid dienone is 1. The van der Waals surface area contributed by atoms with Crippen molar-refractivity contribution in [2.75, 3.05) is 12.8 Å². The van der Waals surface area contributed by atoms with E-state index in [0.717, 1.165) is 42.2 Å². The predicted molar refractivity (Wildman–Crippen MR) is 145 cm³/mol. The molecular formula is C29H30N2O4S. The number of nitrogens with zero attached hydrogens (tertiary/aromatic N) is 1. The van der Waals surface area contributed by atoms with Crippen LogP contribution in [0.4, 0.5) is 5.69 Å². The molecule has 0 spiro atoms. The Labute approximate surface area is 212 Å². The van der Waals surface area contributed by atoms with E-state index in [2.05, 4.69) is 0 Å². The SMILES string of the molecule is C/C=C\c1cccc(S(=O)(=O)n2cc(-c3ccc(OC)c(OC4CCCC4)c3)c3ccccc32)c1N. The molecule has 0 bridgehead atoms. The maximum absolute atomic E-state index is 13.9. The third kappa shape index (κ3) is 4.24. The first-order chi connectivity index (χ1) is 17.4. The van der Waals surface area contributed by atoms with Crippen molar-refractivity contribution in [1.82, 2.24) is 3.97 Å². The van der Waals surface area contributed by atoms with Crippen molar-refractivity contribution in [3.63, 3.8) is 0 Å². The number of ether oxygens (including phenoxy) is 2.